The van der Waals surface area contributed by atoms with Crippen molar-refractivity contribution in [3.05, 3.63) is 65.2 Å². The van der Waals surface area contributed by atoms with E-state index in [2.05, 4.69) is 5.16 Å². The molecule has 0 unspecified atom stereocenters. The molecule has 3 N–H and O–H groups in total. The van der Waals surface area contributed by atoms with Crippen LogP contribution in [0.5, 0.6) is 0 Å². The first-order valence-electron chi connectivity index (χ1n) is 6.45. The topological polar surface area (TPSA) is 78.9 Å². The van der Waals surface area contributed by atoms with Crippen LogP contribution in [0, 0.1) is 6.92 Å². The Bertz CT molecular complexity index is 678. The Labute approximate surface area is 123 Å². The van der Waals surface area contributed by atoms with Gasteiger partial charge in [-0.3, -0.25) is 4.79 Å². The van der Waals surface area contributed by atoms with Gasteiger partial charge in [0.2, 0.25) is 0 Å². The van der Waals surface area contributed by atoms with Crippen LogP contribution in [0.2, 0.25) is 0 Å². The summed E-state index contributed by atoms with van der Waals surface area (Å²) in [5.74, 6) is -0.111. The molecule has 0 bridgehead atoms. The molecular weight excluding hydrogens is 266 g/mol. The third-order valence-corrected chi connectivity index (χ3v) is 3.24. The van der Waals surface area contributed by atoms with Gasteiger partial charge in [0.25, 0.3) is 5.91 Å². The molecule has 0 aliphatic rings. The molecule has 0 spiro atoms. The lowest BCUT2D eigenvalue weighted by Crippen LogP contribution is -2.26. The Morgan fingerprint density at radius 1 is 1.14 bits per heavy atom. The van der Waals surface area contributed by atoms with Gasteiger partial charge in [0.05, 0.1) is 0 Å². The van der Waals surface area contributed by atoms with Crippen LogP contribution in [-0.2, 0) is 0 Å². The summed E-state index contributed by atoms with van der Waals surface area (Å²) in [6.07, 6.45) is 0. The fourth-order valence-electron chi connectivity index (χ4n) is 1.94. The predicted octanol–water partition coefficient (Wildman–Crippen LogP) is 2.37. The maximum absolute atomic E-state index is 12.4. The lowest BCUT2D eigenvalue weighted by molar-refractivity contribution is 0.0993. The number of benzene rings is 2. The number of hydrogen-bond donors (Lipinski definition) is 2. The van der Waals surface area contributed by atoms with Crippen LogP contribution in [0.1, 0.15) is 21.5 Å². The van der Waals surface area contributed by atoms with E-state index in [-0.39, 0.29) is 11.7 Å². The van der Waals surface area contributed by atoms with Crippen molar-refractivity contribution in [1.82, 2.24) is 0 Å². The molecule has 5 heteroatoms. The highest BCUT2D eigenvalue weighted by Crippen LogP contribution is 2.17. The summed E-state index contributed by atoms with van der Waals surface area (Å²) in [5, 5.41) is 11.7. The van der Waals surface area contributed by atoms with Gasteiger partial charge in [-0.25, -0.2) is 0 Å². The molecule has 0 radical (unpaired) electrons. The first kappa shape index (κ1) is 14.6. The van der Waals surface area contributed by atoms with E-state index in [0.29, 0.717) is 16.8 Å². The number of aryl methyl sites for hydroxylation is 1. The van der Waals surface area contributed by atoms with E-state index in [0.717, 1.165) is 5.56 Å². The molecule has 0 atom stereocenters. The smallest absolute Gasteiger partial charge is 0.258 e. The van der Waals surface area contributed by atoms with Crippen molar-refractivity contribution < 1.29 is 10.0 Å². The van der Waals surface area contributed by atoms with Crippen molar-refractivity contribution >= 4 is 17.4 Å². The SMILES string of the molecule is Cc1ccc(C(=O)N(C)c2cccc(C(N)=NO)c2)cc1. The molecule has 5 nitrogen and oxygen atoms in total. The summed E-state index contributed by atoms with van der Waals surface area (Å²) >= 11 is 0. The lowest BCUT2D eigenvalue weighted by atomic mass is 10.1. The second kappa shape index (κ2) is 6.09. The summed E-state index contributed by atoms with van der Waals surface area (Å²) in [6.45, 7) is 1.97. The summed E-state index contributed by atoms with van der Waals surface area (Å²) < 4.78 is 0. The minimum atomic E-state index is -0.119. The van der Waals surface area contributed by atoms with Crippen LogP contribution in [0.25, 0.3) is 0 Å². The number of amidine groups is 1. The van der Waals surface area contributed by atoms with Crippen LogP contribution in [0.15, 0.2) is 53.7 Å². The Kier molecular flexibility index (Phi) is 4.23. The standard InChI is InChI=1S/C16H17N3O2/c1-11-6-8-12(9-7-11)16(20)19(2)14-5-3-4-13(10-14)15(17)18-21/h3-10,21H,1-2H3,(H2,17,18). The fourth-order valence-corrected chi connectivity index (χ4v) is 1.94. The highest BCUT2D eigenvalue weighted by Gasteiger charge is 2.14. The minimum Gasteiger partial charge on any atom is -0.409 e. The summed E-state index contributed by atoms with van der Waals surface area (Å²) in [5.41, 5.74) is 8.50. The van der Waals surface area contributed by atoms with Gasteiger partial charge < -0.3 is 15.8 Å². The molecule has 108 valence electrons. The number of carbonyl (C=O) groups is 1. The summed E-state index contributed by atoms with van der Waals surface area (Å²) in [6, 6.07) is 14.3. The fraction of sp³-hybridized carbons (Fsp3) is 0.125. The molecule has 0 aliphatic carbocycles. The van der Waals surface area contributed by atoms with Gasteiger partial charge in [0, 0.05) is 23.9 Å². The molecular formula is C16H17N3O2. The van der Waals surface area contributed by atoms with Crippen molar-refractivity contribution in [2.75, 3.05) is 11.9 Å². The van der Waals surface area contributed by atoms with Crippen molar-refractivity contribution in [3.63, 3.8) is 0 Å². The third kappa shape index (κ3) is 3.20. The zero-order valence-corrected chi connectivity index (χ0v) is 11.9. The van der Waals surface area contributed by atoms with Crippen LogP contribution >= 0.6 is 0 Å². The predicted molar refractivity (Wildman–Crippen MR) is 82.9 cm³/mol. The molecule has 0 aromatic heterocycles. The Hall–Kier alpha value is -2.82. The molecule has 0 saturated heterocycles. The molecule has 0 heterocycles. The van der Waals surface area contributed by atoms with E-state index in [1.54, 1.807) is 43.4 Å². The molecule has 0 aliphatic heterocycles. The summed E-state index contributed by atoms with van der Waals surface area (Å²) in [7, 11) is 1.69. The number of carbonyl (C=O) groups excluding carboxylic acids is 1. The van der Waals surface area contributed by atoms with Gasteiger partial charge in [-0.2, -0.15) is 0 Å². The molecule has 0 fully saturated rings. The maximum atomic E-state index is 12.4. The first-order valence-corrected chi connectivity index (χ1v) is 6.45. The molecule has 2 rings (SSSR count). The molecule has 1 amide bonds. The highest BCUT2D eigenvalue weighted by molar-refractivity contribution is 6.06. The number of hydrogen-bond acceptors (Lipinski definition) is 3. The van der Waals surface area contributed by atoms with Crippen molar-refractivity contribution in [2.24, 2.45) is 10.9 Å². The number of nitrogens with zero attached hydrogens (tertiary/aromatic N) is 2. The number of rotatable bonds is 3. The molecule has 2 aromatic rings. The number of oxime groups is 1. The van der Waals surface area contributed by atoms with E-state index < -0.39 is 0 Å². The average Bonchev–Trinajstić information content (AvgIpc) is 2.53. The minimum absolute atomic E-state index is 0.00744. The highest BCUT2D eigenvalue weighted by atomic mass is 16.4. The van der Waals surface area contributed by atoms with Crippen LogP contribution in [0.3, 0.4) is 0 Å². The number of nitrogens with two attached hydrogens (primary N) is 1. The van der Waals surface area contributed by atoms with Crippen LogP contribution < -0.4 is 10.6 Å². The Morgan fingerprint density at radius 2 is 1.81 bits per heavy atom. The zero-order valence-electron chi connectivity index (χ0n) is 11.9. The van der Waals surface area contributed by atoms with Gasteiger partial charge in [0.15, 0.2) is 5.84 Å². The van der Waals surface area contributed by atoms with Crippen LogP contribution in [0.4, 0.5) is 5.69 Å². The van der Waals surface area contributed by atoms with E-state index >= 15 is 0 Å². The summed E-state index contributed by atoms with van der Waals surface area (Å²) in [4.78, 5) is 13.9. The second-order valence-corrected chi connectivity index (χ2v) is 4.77. The van der Waals surface area contributed by atoms with Crippen LogP contribution in [-0.4, -0.2) is 24.0 Å². The number of anilines is 1. The van der Waals surface area contributed by atoms with Gasteiger partial charge in [-0.1, -0.05) is 35.0 Å². The van der Waals surface area contributed by atoms with Gasteiger partial charge in [0.1, 0.15) is 0 Å². The lowest BCUT2D eigenvalue weighted by Gasteiger charge is -2.18. The maximum Gasteiger partial charge on any atom is 0.258 e. The number of amides is 1. The van der Waals surface area contributed by atoms with Gasteiger partial charge in [-0.05, 0) is 31.2 Å². The van der Waals surface area contributed by atoms with Gasteiger partial charge >= 0.3 is 0 Å². The van der Waals surface area contributed by atoms with E-state index in [1.165, 1.54) is 4.90 Å². The molecule has 2 aromatic carbocycles. The van der Waals surface area contributed by atoms with Crippen molar-refractivity contribution in [1.29, 1.82) is 0 Å². The van der Waals surface area contributed by atoms with Crippen molar-refractivity contribution in [2.45, 2.75) is 6.92 Å². The Balaban J connectivity index is 2.29. The first-order chi connectivity index (χ1) is 10.0. The van der Waals surface area contributed by atoms with E-state index in [1.807, 2.05) is 19.1 Å². The monoisotopic (exact) mass is 283 g/mol. The third-order valence-electron chi connectivity index (χ3n) is 3.24. The second-order valence-electron chi connectivity index (χ2n) is 4.77. The largest absolute Gasteiger partial charge is 0.409 e. The van der Waals surface area contributed by atoms with E-state index in [4.69, 9.17) is 10.9 Å². The van der Waals surface area contributed by atoms with E-state index in [9.17, 15) is 4.79 Å². The Morgan fingerprint density at radius 3 is 2.43 bits per heavy atom. The normalized spacial score (nSPS) is 11.2. The molecule has 0 saturated carbocycles. The van der Waals surface area contributed by atoms with Crippen molar-refractivity contribution in [3.8, 4) is 0 Å². The molecule has 21 heavy (non-hydrogen) atoms. The quantitative estimate of drug-likeness (QED) is 0.393. The van der Waals surface area contributed by atoms with Gasteiger partial charge in [-0.15, -0.1) is 0 Å². The zero-order chi connectivity index (χ0) is 15.4. The average molecular weight is 283 g/mol.